The van der Waals surface area contributed by atoms with Crippen molar-refractivity contribution in [1.82, 2.24) is 4.90 Å². The molecule has 2 amide bonds. The van der Waals surface area contributed by atoms with Gasteiger partial charge in [-0.15, -0.1) is 0 Å². The van der Waals surface area contributed by atoms with Crippen LogP contribution in [0.15, 0.2) is 42.5 Å². The summed E-state index contributed by atoms with van der Waals surface area (Å²) in [6.07, 6.45) is 5.79. The van der Waals surface area contributed by atoms with Crippen LogP contribution in [0.25, 0.3) is 0 Å². The molecule has 0 atom stereocenters. The molecule has 0 saturated carbocycles. The van der Waals surface area contributed by atoms with Gasteiger partial charge in [-0.25, -0.2) is 18.4 Å². The van der Waals surface area contributed by atoms with E-state index in [4.69, 9.17) is 0 Å². The Bertz CT molecular complexity index is 949. The number of aliphatic carboxylic acids is 1. The van der Waals surface area contributed by atoms with Crippen LogP contribution < -0.4 is 10.6 Å². The Labute approximate surface area is 200 Å². The zero-order valence-corrected chi connectivity index (χ0v) is 20.2. The van der Waals surface area contributed by atoms with Gasteiger partial charge in [-0.1, -0.05) is 44.7 Å². The molecule has 2 rings (SSSR count). The zero-order chi connectivity index (χ0) is 25.1. The summed E-state index contributed by atoms with van der Waals surface area (Å²) in [4.78, 5) is 25.8. The number of halogens is 2. The number of hydrogen-bond donors (Lipinski definition) is 3. The van der Waals surface area contributed by atoms with Crippen LogP contribution >= 0.6 is 0 Å². The molecule has 0 unspecified atom stereocenters. The lowest BCUT2D eigenvalue weighted by Gasteiger charge is -2.24. The lowest BCUT2D eigenvalue weighted by atomic mass is 10.0. The van der Waals surface area contributed by atoms with Crippen LogP contribution in [0, 0.1) is 11.6 Å². The maximum atomic E-state index is 14.0. The minimum atomic E-state index is -1.09. The third-order valence-electron chi connectivity index (χ3n) is 5.61. The monoisotopic (exact) mass is 475 g/mol. The molecule has 0 radical (unpaired) electrons. The summed E-state index contributed by atoms with van der Waals surface area (Å²) in [7, 11) is 0. The first-order valence-corrected chi connectivity index (χ1v) is 11.7. The number of carboxylic acids is 1. The van der Waals surface area contributed by atoms with Gasteiger partial charge >= 0.3 is 12.0 Å². The predicted molar refractivity (Wildman–Crippen MR) is 131 cm³/mol. The van der Waals surface area contributed by atoms with Crippen molar-refractivity contribution in [2.45, 2.75) is 64.8 Å². The molecule has 2 aromatic carbocycles. The molecule has 8 heteroatoms. The summed E-state index contributed by atoms with van der Waals surface area (Å²) in [6.45, 7) is 6.27. The molecule has 0 aliphatic rings. The topological polar surface area (TPSA) is 81.7 Å². The van der Waals surface area contributed by atoms with Gasteiger partial charge in [0.25, 0.3) is 0 Å². The minimum Gasteiger partial charge on any atom is -0.480 e. The number of urea groups is 1. The molecule has 0 aromatic heterocycles. The summed E-state index contributed by atoms with van der Waals surface area (Å²) >= 11 is 0. The van der Waals surface area contributed by atoms with E-state index in [-0.39, 0.29) is 5.69 Å². The summed E-state index contributed by atoms with van der Waals surface area (Å²) in [5.41, 5.74) is 0.520. The highest BCUT2D eigenvalue weighted by molar-refractivity contribution is 5.89. The molecular weight excluding hydrogens is 440 g/mol. The Morgan fingerprint density at radius 2 is 1.65 bits per heavy atom. The van der Waals surface area contributed by atoms with Crippen molar-refractivity contribution >= 4 is 23.4 Å². The fourth-order valence-corrected chi connectivity index (χ4v) is 3.44. The fourth-order valence-electron chi connectivity index (χ4n) is 3.44. The van der Waals surface area contributed by atoms with E-state index in [1.54, 1.807) is 18.7 Å². The minimum absolute atomic E-state index is 0.0566. The van der Waals surface area contributed by atoms with E-state index in [0.29, 0.717) is 25.2 Å². The van der Waals surface area contributed by atoms with Crippen molar-refractivity contribution < 1.29 is 23.5 Å². The molecule has 0 fully saturated rings. The van der Waals surface area contributed by atoms with Crippen LogP contribution in [0.4, 0.5) is 25.0 Å². The second-order valence-corrected chi connectivity index (χ2v) is 8.96. The molecule has 2 aromatic rings. The average Bonchev–Trinajstić information content (AvgIpc) is 2.78. The van der Waals surface area contributed by atoms with E-state index < -0.39 is 29.2 Å². The molecule has 0 aliphatic carbocycles. The third kappa shape index (κ3) is 8.65. The first-order valence-electron chi connectivity index (χ1n) is 11.7. The SMILES string of the molecule is CCCCCCCN(CCc1ccc(NC(C)(C)C(=O)O)cc1)C(=O)Nc1ccc(F)cc1F. The molecule has 0 heterocycles. The third-order valence-corrected chi connectivity index (χ3v) is 5.61. The number of hydrogen-bond acceptors (Lipinski definition) is 3. The van der Waals surface area contributed by atoms with Crippen LogP contribution in [-0.4, -0.2) is 40.6 Å². The van der Waals surface area contributed by atoms with Crippen LogP contribution in [-0.2, 0) is 11.2 Å². The van der Waals surface area contributed by atoms with E-state index >= 15 is 0 Å². The van der Waals surface area contributed by atoms with E-state index in [1.165, 1.54) is 6.07 Å². The Hall–Kier alpha value is -3.16. The molecule has 3 N–H and O–H groups in total. The smallest absolute Gasteiger partial charge is 0.328 e. The number of amides is 2. The number of anilines is 2. The molecule has 0 spiro atoms. The second-order valence-electron chi connectivity index (χ2n) is 8.96. The number of rotatable bonds is 13. The second kappa shape index (κ2) is 12.9. The Morgan fingerprint density at radius 1 is 0.971 bits per heavy atom. The van der Waals surface area contributed by atoms with Crippen molar-refractivity contribution in [3.8, 4) is 0 Å². The first-order chi connectivity index (χ1) is 16.1. The quantitative estimate of drug-likeness (QED) is 0.298. The molecule has 0 bridgehead atoms. The van der Waals surface area contributed by atoms with Crippen molar-refractivity contribution in [1.29, 1.82) is 0 Å². The lowest BCUT2D eigenvalue weighted by molar-refractivity contribution is -0.141. The fraction of sp³-hybridized carbons (Fsp3) is 0.462. The van der Waals surface area contributed by atoms with Gasteiger partial charge in [0, 0.05) is 24.8 Å². The van der Waals surface area contributed by atoms with Crippen LogP contribution in [0.5, 0.6) is 0 Å². The summed E-state index contributed by atoms with van der Waals surface area (Å²) < 4.78 is 27.2. The van der Waals surface area contributed by atoms with E-state index in [9.17, 15) is 23.5 Å². The normalized spacial score (nSPS) is 11.2. The van der Waals surface area contributed by atoms with Crippen molar-refractivity contribution in [3.63, 3.8) is 0 Å². The average molecular weight is 476 g/mol. The van der Waals surface area contributed by atoms with Crippen molar-refractivity contribution in [3.05, 3.63) is 59.7 Å². The van der Waals surface area contributed by atoms with Crippen LogP contribution in [0.1, 0.15) is 58.4 Å². The number of nitrogens with zero attached hydrogens (tertiary/aromatic N) is 1. The van der Waals surface area contributed by atoms with Gasteiger partial charge in [-0.3, -0.25) is 0 Å². The molecule has 0 saturated heterocycles. The Balaban J connectivity index is 2.01. The zero-order valence-electron chi connectivity index (χ0n) is 20.2. The number of unbranched alkanes of at least 4 members (excludes halogenated alkanes) is 4. The van der Waals surface area contributed by atoms with Gasteiger partial charge < -0.3 is 20.6 Å². The number of carbonyl (C=O) groups excluding carboxylic acids is 1. The van der Waals surface area contributed by atoms with Gasteiger partial charge in [0.1, 0.15) is 17.2 Å². The summed E-state index contributed by atoms with van der Waals surface area (Å²) in [6, 6.07) is 10.0. The number of carboxylic acid groups (broad SMARTS) is 1. The van der Waals surface area contributed by atoms with E-state index in [2.05, 4.69) is 17.6 Å². The van der Waals surface area contributed by atoms with Gasteiger partial charge in [0.2, 0.25) is 0 Å². The number of carbonyl (C=O) groups is 2. The predicted octanol–water partition coefficient (Wildman–Crippen LogP) is 6.29. The summed E-state index contributed by atoms with van der Waals surface area (Å²) in [5, 5.41) is 14.8. The molecule has 186 valence electrons. The van der Waals surface area contributed by atoms with E-state index in [0.717, 1.165) is 49.8 Å². The van der Waals surface area contributed by atoms with Crippen molar-refractivity contribution in [2.75, 3.05) is 23.7 Å². The molecule has 6 nitrogen and oxygen atoms in total. The summed E-state index contributed by atoms with van der Waals surface area (Å²) in [5.74, 6) is -2.47. The number of nitrogens with one attached hydrogen (secondary N) is 2. The molecule has 0 aliphatic heterocycles. The van der Waals surface area contributed by atoms with Crippen LogP contribution in [0.3, 0.4) is 0 Å². The standard InChI is InChI=1S/C26H35F2N3O3/c1-4-5-6-7-8-16-31(25(34)29-23-14-11-20(27)18-22(23)28)17-15-19-9-12-21(13-10-19)30-26(2,3)24(32)33/h9-14,18,30H,4-8,15-17H2,1-3H3,(H,29,34)(H,32,33). The maximum absolute atomic E-state index is 14.0. The Morgan fingerprint density at radius 3 is 2.26 bits per heavy atom. The Kier molecular flexibility index (Phi) is 10.3. The van der Waals surface area contributed by atoms with Gasteiger partial charge in [-0.2, -0.15) is 0 Å². The van der Waals surface area contributed by atoms with Gasteiger partial charge in [-0.05, 0) is 56.5 Å². The largest absolute Gasteiger partial charge is 0.480 e. The highest BCUT2D eigenvalue weighted by atomic mass is 19.1. The van der Waals surface area contributed by atoms with Crippen LogP contribution in [0.2, 0.25) is 0 Å². The first kappa shape index (κ1) is 27.1. The van der Waals surface area contributed by atoms with Gasteiger partial charge in [0.05, 0.1) is 5.69 Å². The van der Waals surface area contributed by atoms with Crippen molar-refractivity contribution in [2.24, 2.45) is 0 Å². The van der Waals surface area contributed by atoms with E-state index in [1.807, 2.05) is 24.3 Å². The lowest BCUT2D eigenvalue weighted by Crippen LogP contribution is -2.39. The molecule has 34 heavy (non-hydrogen) atoms. The highest BCUT2D eigenvalue weighted by Crippen LogP contribution is 2.18. The highest BCUT2D eigenvalue weighted by Gasteiger charge is 2.26. The molecular formula is C26H35F2N3O3. The van der Waals surface area contributed by atoms with Gasteiger partial charge in [0.15, 0.2) is 0 Å². The number of benzene rings is 2. The maximum Gasteiger partial charge on any atom is 0.328 e.